The molecular formula is C16H12N2O2. The highest BCUT2D eigenvalue weighted by Crippen LogP contribution is 2.09. The molecule has 4 heteroatoms. The zero-order valence-electron chi connectivity index (χ0n) is 10.7. The van der Waals surface area contributed by atoms with Crippen molar-refractivity contribution in [2.45, 2.75) is 12.5 Å². The lowest BCUT2D eigenvalue weighted by molar-refractivity contribution is -0.119. The highest BCUT2D eigenvalue weighted by atomic mass is 16.2. The third kappa shape index (κ3) is 2.40. The maximum absolute atomic E-state index is 12.1. The summed E-state index contributed by atoms with van der Waals surface area (Å²) in [7, 11) is 0. The molecule has 1 aliphatic rings. The molecule has 0 saturated heterocycles. The van der Waals surface area contributed by atoms with Gasteiger partial charge in [-0.25, -0.2) is 4.99 Å². The van der Waals surface area contributed by atoms with Crippen LogP contribution < -0.4 is 10.7 Å². The number of carbonyl (C=O) groups excluding carboxylic acids is 2. The van der Waals surface area contributed by atoms with Crippen molar-refractivity contribution in [2.75, 3.05) is 0 Å². The number of rotatable bonds is 3. The van der Waals surface area contributed by atoms with Gasteiger partial charge in [-0.1, -0.05) is 42.5 Å². The summed E-state index contributed by atoms with van der Waals surface area (Å²) in [5.74, 6) is -0.449. The van der Waals surface area contributed by atoms with E-state index in [0.717, 1.165) is 0 Å². The monoisotopic (exact) mass is 264 g/mol. The van der Waals surface area contributed by atoms with E-state index in [0.29, 0.717) is 16.3 Å². The van der Waals surface area contributed by atoms with Crippen LogP contribution >= 0.6 is 0 Å². The molecule has 0 radical (unpaired) electrons. The molecule has 0 bridgehead atoms. The lowest BCUT2D eigenvalue weighted by Gasteiger charge is -2.10. The number of fused-ring (bicyclic) bond motifs is 1. The van der Waals surface area contributed by atoms with Gasteiger partial charge < -0.3 is 0 Å². The molecule has 2 aromatic rings. The summed E-state index contributed by atoms with van der Waals surface area (Å²) in [6, 6.07) is 15.4. The van der Waals surface area contributed by atoms with E-state index in [-0.39, 0.29) is 18.1 Å². The molecule has 2 aromatic carbocycles. The molecule has 0 fully saturated rings. The average molecular weight is 264 g/mol. The largest absolute Gasteiger partial charge is 0.294 e. The highest BCUT2D eigenvalue weighted by molar-refractivity contribution is 5.99. The standard InChI is InChI=1S/C16H12N2O2/c19-15(11-6-2-1-3-7-11)10-14-16(20)18-13-9-5-4-8-12(13)17-14/h1-9,14H,10H2. The third-order valence-corrected chi connectivity index (χ3v) is 3.17. The summed E-state index contributed by atoms with van der Waals surface area (Å²) in [5, 5.41) is 1.24. The number of benzene rings is 2. The van der Waals surface area contributed by atoms with E-state index in [1.165, 1.54) is 0 Å². The number of hydrogen-bond acceptors (Lipinski definition) is 3. The smallest absolute Gasteiger partial charge is 0.271 e. The number of amides is 1. The Morgan fingerprint density at radius 3 is 2.35 bits per heavy atom. The van der Waals surface area contributed by atoms with E-state index >= 15 is 0 Å². The Hall–Kier alpha value is -2.62. The lowest BCUT2D eigenvalue weighted by atomic mass is 10.0. The first-order valence-corrected chi connectivity index (χ1v) is 6.38. The van der Waals surface area contributed by atoms with Crippen molar-refractivity contribution < 1.29 is 9.59 Å². The van der Waals surface area contributed by atoms with Crippen molar-refractivity contribution in [3.05, 3.63) is 70.9 Å². The van der Waals surface area contributed by atoms with Gasteiger partial charge in [0.25, 0.3) is 5.91 Å². The molecule has 20 heavy (non-hydrogen) atoms. The summed E-state index contributed by atoms with van der Waals surface area (Å²) in [5.41, 5.74) is 0.592. The van der Waals surface area contributed by atoms with Crippen LogP contribution in [-0.4, -0.2) is 17.7 Å². The normalized spacial score (nSPS) is 16.8. The van der Waals surface area contributed by atoms with E-state index in [4.69, 9.17) is 0 Å². The molecule has 0 aliphatic carbocycles. The van der Waals surface area contributed by atoms with E-state index in [9.17, 15) is 9.59 Å². The van der Waals surface area contributed by atoms with Crippen LogP contribution in [0.3, 0.4) is 0 Å². The molecule has 1 unspecified atom stereocenters. The number of ketones is 1. The van der Waals surface area contributed by atoms with Crippen LogP contribution in [0.25, 0.3) is 0 Å². The molecule has 0 aromatic heterocycles. The Bertz CT molecular complexity index is 782. The number of carbonyl (C=O) groups is 2. The third-order valence-electron chi connectivity index (χ3n) is 3.17. The predicted octanol–water partition coefficient (Wildman–Crippen LogP) is 1.11. The first-order chi connectivity index (χ1) is 9.74. The topological polar surface area (TPSA) is 58.9 Å². The second kappa shape index (κ2) is 5.17. The van der Waals surface area contributed by atoms with Crippen LogP contribution in [0.2, 0.25) is 0 Å². The number of hydrogen-bond donors (Lipinski definition) is 0. The second-order valence-electron chi connectivity index (χ2n) is 4.58. The molecule has 4 nitrogen and oxygen atoms in total. The van der Waals surface area contributed by atoms with Crippen LogP contribution in [0, 0.1) is 0 Å². The zero-order chi connectivity index (χ0) is 13.9. The van der Waals surface area contributed by atoms with Crippen molar-refractivity contribution in [2.24, 2.45) is 9.98 Å². The molecule has 98 valence electrons. The fourth-order valence-corrected chi connectivity index (χ4v) is 2.13. The first kappa shape index (κ1) is 12.4. The molecule has 0 saturated carbocycles. The van der Waals surface area contributed by atoms with E-state index in [1.807, 2.05) is 12.1 Å². The van der Waals surface area contributed by atoms with Crippen LogP contribution in [-0.2, 0) is 4.79 Å². The fraction of sp³-hybridized carbons (Fsp3) is 0.125. The van der Waals surface area contributed by atoms with Gasteiger partial charge in [0.2, 0.25) is 0 Å². The zero-order valence-corrected chi connectivity index (χ0v) is 10.7. The van der Waals surface area contributed by atoms with Crippen LogP contribution in [0.5, 0.6) is 0 Å². The Morgan fingerprint density at radius 2 is 1.60 bits per heavy atom. The van der Waals surface area contributed by atoms with Crippen molar-refractivity contribution in [1.82, 2.24) is 0 Å². The van der Waals surface area contributed by atoms with Gasteiger partial charge >= 0.3 is 0 Å². The predicted molar refractivity (Wildman–Crippen MR) is 72.9 cm³/mol. The molecule has 1 heterocycles. The number of Topliss-reactive ketones (excluding diaryl/α,β-unsaturated/α-hetero) is 1. The van der Waals surface area contributed by atoms with Crippen molar-refractivity contribution in [1.29, 1.82) is 0 Å². The lowest BCUT2D eigenvalue weighted by Crippen LogP contribution is -2.37. The first-order valence-electron chi connectivity index (χ1n) is 6.38. The molecule has 0 spiro atoms. The minimum Gasteiger partial charge on any atom is -0.294 e. The Kier molecular flexibility index (Phi) is 3.21. The van der Waals surface area contributed by atoms with Gasteiger partial charge in [0.15, 0.2) is 5.78 Å². The van der Waals surface area contributed by atoms with Crippen LogP contribution in [0.1, 0.15) is 16.8 Å². The molecule has 3 rings (SSSR count). The summed E-state index contributed by atoms with van der Waals surface area (Å²) in [6.07, 6.45) is 0.0562. The maximum Gasteiger partial charge on any atom is 0.271 e. The summed E-state index contributed by atoms with van der Waals surface area (Å²) < 4.78 is 0. The van der Waals surface area contributed by atoms with Gasteiger partial charge in [0.1, 0.15) is 6.04 Å². The SMILES string of the molecule is O=C(CC1N=c2ccccc2=NC1=O)c1ccccc1. The quantitative estimate of drug-likeness (QED) is 0.780. The van der Waals surface area contributed by atoms with E-state index in [2.05, 4.69) is 9.98 Å². The molecule has 1 atom stereocenters. The van der Waals surface area contributed by atoms with Crippen molar-refractivity contribution >= 4 is 11.7 Å². The van der Waals surface area contributed by atoms with Gasteiger partial charge in [-0.2, -0.15) is 0 Å². The van der Waals surface area contributed by atoms with Crippen LogP contribution in [0.4, 0.5) is 0 Å². The fourth-order valence-electron chi connectivity index (χ4n) is 2.13. The van der Waals surface area contributed by atoms with Gasteiger partial charge in [-0.3, -0.25) is 14.6 Å². The van der Waals surface area contributed by atoms with Crippen molar-refractivity contribution in [3.8, 4) is 0 Å². The molecule has 1 aliphatic heterocycles. The van der Waals surface area contributed by atoms with Gasteiger partial charge in [-0.15, -0.1) is 0 Å². The Balaban J connectivity index is 1.88. The second-order valence-corrected chi connectivity index (χ2v) is 4.58. The minimum absolute atomic E-state index is 0.0562. The molecular weight excluding hydrogens is 252 g/mol. The van der Waals surface area contributed by atoms with E-state index in [1.54, 1.807) is 42.5 Å². The summed E-state index contributed by atoms with van der Waals surface area (Å²) in [6.45, 7) is 0. The Morgan fingerprint density at radius 1 is 0.950 bits per heavy atom. The van der Waals surface area contributed by atoms with Gasteiger partial charge in [0.05, 0.1) is 10.7 Å². The summed E-state index contributed by atoms with van der Waals surface area (Å²) >= 11 is 0. The average Bonchev–Trinajstić information content (AvgIpc) is 2.49. The maximum atomic E-state index is 12.1. The summed E-state index contributed by atoms with van der Waals surface area (Å²) in [4.78, 5) is 32.3. The van der Waals surface area contributed by atoms with E-state index < -0.39 is 6.04 Å². The van der Waals surface area contributed by atoms with Crippen LogP contribution in [0.15, 0.2) is 64.6 Å². The minimum atomic E-state index is -0.711. The van der Waals surface area contributed by atoms with Gasteiger partial charge in [0, 0.05) is 12.0 Å². The number of nitrogens with zero attached hydrogens (tertiary/aromatic N) is 2. The van der Waals surface area contributed by atoms with Crippen molar-refractivity contribution in [3.63, 3.8) is 0 Å². The molecule has 1 amide bonds. The van der Waals surface area contributed by atoms with Gasteiger partial charge in [-0.05, 0) is 12.1 Å². The highest BCUT2D eigenvalue weighted by Gasteiger charge is 2.23. The Labute approximate surface area is 115 Å². The molecule has 0 N–H and O–H groups in total. The number of para-hydroxylation sites is 2.